The zero-order valence-corrected chi connectivity index (χ0v) is 28.1. The summed E-state index contributed by atoms with van der Waals surface area (Å²) < 4.78 is 99.5. The molecule has 0 aliphatic carbocycles. The molecular weight excluding hydrogens is 706 g/mol. The molecule has 18 heteroatoms. The molecule has 1 amide bonds. The Morgan fingerprint density at radius 3 is 2.67 bits per heavy atom. The average molecular weight is 741 g/mol. The number of aryl methyl sites for hydroxylation is 1. The second-order valence-corrected chi connectivity index (χ2v) is 14.3. The number of ether oxygens (including phenoxy) is 2. The van der Waals surface area contributed by atoms with E-state index >= 15 is 4.39 Å². The summed E-state index contributed by atoms with van der Waals surface area (Å²) in [6.45, 7) is 1.83. The summed E-state index contributed by atoms with van der Waals surface area (Å²) in [6.07, 6.45) is -6.12. The van der Waals surface area contributed by atoms with Crippen molar-refractivity contribution in [3.8, 4) is 6.01 Å². The minimum absolute atomic E-state index is 0.0214. The van der Waals surface area contributed by atoms with Crippen LogP contribution >= 0.6 is 11.6 Å². The lowest BCUT2D eigenvalue weighted by molar-refractivity contribution is -0.140. The van der Waals surface area contributed by atoms with Crippen LogP contribution in [0.5, 0.6) is 6.01 Å². The molecule has 5 aliphatic rings. The number of alkyl halides is 5. The number of carbonyl (C=O) groups excluding carboxylic acids is 1. The SMILES string of the molecule is Nc1ccc(C(F)(F)F)c([C@@H]2Cc3nc(OC[C@@]45CCCN4C[C@H](F)C5)nc(N4CCCn5nc(C(=O)N6CC(F)C6)c(Cl)c5C4)c3CO2)c1F. The number of rotatable bonds is 6. The summed E-state index contributed by atoms with van der Waals surface area (Å²) in [5, 5.41) is 4.59. The van der Waals surface area contributed by atoms with Crippen molar-refractivity contribution >= 4 is 29.0 Å². The van der Waals surface area contributed by atoms with E-state index in [0.29, 0.717) is 55.2 Å². The summed E-state index contributed by atoms with van der Waals surface area (Å²) in [4.78, 5) is 27.7. The van der Waals surface area contributed by atoms with Crippen LogP contribution in [-0.4, -0.2) is 92.7 Å². The molecule has 3 fully saturated rings. The van der Waals surface area contributed by atoms with Crippen molar-refractivity contribution in [1.29, 1.82) is 0 Å². The second kappa shape index (κ2) is 12.7. The smallest absolute Gasteiger partial charge is 0.416 e. The van der Waals surface area contributed by atoms with Gasteiger partial charge in [-0.3, -0.25) is 14.4 Å². The Bertz CT molecular complexity index is 1870. The van der Waals surface area contributed by atoms with E-state index in [4.69, 9.17) is 31.8 Å². The summed E-state index contributed by atoms with van der Waals surface area (Å²) >= 11 is 6.74. The highest BCUT2D eigenvalue weighted by molar-refractivity contribution is 6.34. The second-order valence-electron chi connectivity index (χ2n) is 14.0. The van der Waals surface area contributed by atoms with Gasteiger partial charge in [0, 0.05) is 43.6 Å². The van der Waals surface area contributed by atoms with Gasteiger partial charge in [-0.1, -0.05) is 11.6 Å². The highest BCUT2D eigenvalue weighted by Crippen LogP contribution is 2.44. The summed E-state index contributed by atoms with van der Waals surface area (Å²) in [5.74, 6) is -1.31. The average Bonchev–Trinajstić information content (AvgIpc) is 3.64. The monoisotopic (exact) mass is 740 g/mol. The van der Waals surface area contributed by atoms with E-state index in [1.807, 2.05) is 4.90 Å². The van der Waals surface area contributed by atoms with E-state index in [-0.39, 0.29) is 56.0 Å². The van der Waals surface area contributed by atoms with Gasteiger partial charge >= 0.3 is 12.2 Å². The van der Waals surface area contributed by atoms with Gasteiger partial charge < -0.3 is 25.0 Å². The number of anilines is 2. The Morgan fingerprint density at radius 1 is 1.10 bits per heavy atom. The molecule has 0 bridgehead atoms. The molecule has 3 atom stereocenters. The standard InChI is InChI=1S/C33H35ClF6N8O3/c34-26-23-14-45(6-2-8-48(23)44-28(26)30(49)46-11-18(36)12-46)29-19-15-50-24(25-20(33(38,39)40)3-4-21(41)27(25)37)9-22(19)42-31(43-29)51-16-32-5-1-7-47(32)13-17(35)10-32/h3-4,17-18,24H,1-2,5-16,41H2/t17-,24+,32+/m1/s1. The third-order valence-electron chi connectivity index (χ3n) is 10.7. The number of fused-ring (bicyclic) bond motifs is 3. The van der Waals surface area contributed by atoms with Gasteiger partial charge in [0.2, 0.25) is 0 Å². The fraction of sp³-hybridized carbons (Fsp3) is 0.576. The molecule has 0 spiro atoms. The van der Waals surface area contributed by atoms with Gasteiger partial charge in [0.25, 0.3) is 5.91 Å². The van der Waals surface area contributed by atoms with Crippen molar-refractivity contribution in [2.45, 2.75) is 82.0 Å². The molecule has 2 aromatic heterocycles. The number of aromatic nitrogens is 4. The number of nitrogen functional groups attached to an aromatic ring is 1. The van der Waals surface area contributed by atoms with Crippen molar-refractivity contribution < 1.29 is 40.6 Å². The van der Waals surface area contributed by atoms with E-state index < -0.39 is 58.7 Å². The topological polar surface area (TPSA) is 115 Å². The number of amides is 1. The first-order chi connectivity index (χ1) is 24.3. The van der Waals surface area contributed by atoms with Crippen LogP contribution in [0.3, 0.4) is 0 Å². The van der Waals surface area contributed by atoms with Crippen LogP contribution in [0, 0.1) is 5.82 Å². The third-order valence-corrected chi connectivity index (χ3v) is 11.1. The molecule has 3 saturated heterocycles. The van der Waals surface area contributed by atoms with Crippen LogP contribution in [0.2, 0.25) is 5.02 Å². The van der Waals surface area contributed by atoms with Crippen molar-refractivity contribution in [3.05, 3.63) is 56.7 Å². The maximum atomic E-state index is 15.4. The summed E-state index contributed by atoms with van der Waals surface area (Å²) in [5.41, 5.74) is 4.15. The molecule has 274 valence electrons. The normalized spacial score (nSPS) is 25.3. The summed E-state index contributed by atoms with van der Waals surface area (Å²) in [7, 11) is 0. The first-order valence-electron chi connectivity index (χ1n) is 16.9. The molecule has 2 N–H and O–H groups in total. The van der Waals surface area contributed by atoms with E-state index in [1.165, 1.54) is 4.90 Å². The molecule has 0 unspecified atom stereocenters. The van der Waals surface area contributed by atoms with Gasteiger partial charge in [-0.25, -0.2) is 13.2 Å². The number of halogens is 7. The number of carbonyl (C=O) groups is 1. The van der Waals surface area contributed by atoms with Gasteiger partial charge in [0.15, 0.2) is 11.5 Å². The molecule has 5 aliphatic heterocycles. The van der Waals surface area contributed by atoms with Gasteiger partial charge in [-0.15, -0.1) is 0 Å². The molecule has 51 heavy (non-hydrogen) atoms. The molecule has 3 aromatic rings. The molecule has 11 nitrogen and oxygen atoms in total. The van der Waals surface area contributed by atoms with Crippen LogP contribution in [0.15, 0.2) is 12.1 Å². The number of hydrogen-bond donors (Lipinski definition) is 1. The lowest BCUT2D eigenvalue weighted by Crippen LogP contribution is -2.51. The summed E-state index contributed by atoms with van der Waals surface area (Å²) in [6, 6.07) is 1.55. The molecular formula is C33H35ClF6N8O3. The minimum Gasteiger partial charge on any atom is -0.461 e. The number of hydrogen-bond acceptors (Lipinski definition) is 9. The van der Waals surface area contributed by atoms with E-state index in [0.717, 1.165) is 31.5 Å². The van der Waals surface area contributed by atoms with Crippen LogP contribution in [0.4, 0.5) is 37.8 Å². The molecule has 1 aromatic carbocycles. The van der Waals surface area contributed by atoms with Crippen LogP contribution in [0.1, 0.15) is 70.4 Å². The van der Waals surface area contributed by atoms with Gasteiger partial charge in [0.05, 0.1) is 65.5 Å². The van der Waals surface area contributed by atoms with E-state index in [1.54, 1.807) is 4.68 Å². The Hall–Kier alpha value is -3.83. The Morgan fingerprint density at radius 2 is 1.90 bits per heavy atom. The van der Waals surface area contributed by atoms with Crippen molar-refractivity contribution in [2.24, 2.45) is 0 Å². The highest BCUT2D eigenvalue weighted by Gasteiger charge is 2.49. The molecule has 0 radical (unpaired) electrons. The van der Waals surface area contributed by atoms with Crippen LogP contribution < -0.4 is 15.4 Å². The lowest BCUT2D eigenvalue weighted by Gasteiger charge is -2.33. The van der Waals surface area contributed by atoms with Crippen LogP contribution in [-0.2, 0) is 37.0 Å². The van der Waals surface area contributed by atoms with Crippen molar-refractivity contribution in [2.75, 3.05) is 50.0 Å². The van der Waals surface area contributed by atoms with Gasteiger partial charge in [0.1, 0.15) is 24.8 Å². The van der Waals surface area contributed by atoms with E-state index in [2.05, 4.69) is 15.0 Å². The van der Waals surface area contributed by atoms with Crippen LogP contribution in [0.25, 0.3) is 0 Å². The van der Waals surface area contributed by atoms with Crippen molar-refractivity contribution in [3.63, 3.8) is 0 Å². The fourth-order valence-electron chi connectivity index (χ4n) is 8.10. The minimum atomic E-state index is -4.88. The zero-order valence-electron chi connectivity index (χ0n) is 27.4. The largest absolute Gasteiger partial charge is 0.461 e. The van der Waals surface area contributed by atoms with E-state index in [9.17, 15) is 26.7 Å². The third kappa shape index (κ3) is 6.04. The maximum Gasteiger partial charge on any atom is 0.416 e. The molecule has 7 heterocycles. The molecule has 0 saturated carbocycles. The zero-order chi connectivity index (χ0) is 35.8. The molecule has 8 rings (SSSR count). The Kier molecular flexibility index (Phi) is 8.52. The Labute approximate surface area is 293 Å². The first kappa shape index (κ1) is 34.3. The number of likely N-dealkylation sites (tertiary alicyclic amines) is 1. The van der Waals surface area contributed by atoms with Gasteiger partial charge in [-0.05, 0) is 37.9 Å². The Balaban J connectivity index is 1.15. The number of benzene rings is 1. The fourth-order valence-corrected chi connectivity index (χ4v) is 8.38. The quantitative estimate of drug-likeness (QED) is 0.274. The number of nitrogens with two attached hydrogens (primary N) is 1. The first-order valence-corrected chi connectivity index (χ1v) is 17.3. The maximum absolute atomic E-state index is 15.4. The predicted octanol–water partition coefficient (Wildman–Crippen LogP) is 5.04. The lowest BCUT2D eigenvalue weighted by atomic mass is 9.94. The predicted molar refractivity (Wildman–Crippen MR) is 171 cm³/mol. The van der Waals surface area contributed by atoms with Gasteiger partial charge in [-0.2, -0.15) is 28.2 Å². The highest BCUT2D eigenvalue weighted by atomic mass is 35.5. The number of nitrogens with zero attached hydrogens (tertiary/aromatic N) is 7. The van der Waals surface area contributed by atoms with Crippen molar-refractivity contribution in [1.82, 2.24) is 29.5 Å².